The van der Waals surface area contributed by atoms with E-state index in [-0.39, 0.29) is 36.4 Å². The van der Waals surface area contributed by atoms with E-state index in [1.54, 1.807) is 19.0 Å². The molecule has 1 unspecified atom stereocenters. The molecule has 1 heterocycles. The number of amides is 1. The molecular weight excluding hydrogens is 469 g/mol. The van der Waals surface area contributed by atoms with Crippen LogP contribution in [-0.4, -0.2) is 87.7 Å². The molecule has 1 aliphatic heterocycles. The zero-order valence-electron chi connectivity index (χ0n) is 18.7. The summed E-state index contributed by atoms with van der Waals surface area (Å²) >= 11 is 0. The van der Waals surface area contributed by atoms with Gasteiger partial charge in [0.15, 0.2) is 5.96 Å². The topological polar surface area (TPSA) is 69.2 Å². The van der Waals surface area contributed by atoms with E-state index in [2.05, 4.69) is 48.2 Å². The summed E-state index contributed by atoms with van der Waals surface area (Å²) in [6, 6.07) is 0.309. The number of likely N-dealkylation sites (N-methyl/N-ethyl adjacent to an activating group) is 1. The largest absolute Gasteiger partial charge is 0.379 e. The van der Waals surface area contributed by atoms with Crippen molar-refractivity contribution in [2.75, 3.05) is 60.0 Å². The normalized spacial score (nSPS) is 16.9. The molecule has 2 N–H and O–H groups in total. The van der Waals surface area contributed by atoms with E-state index < -0.39 is 0 Å². The highest BCUT2D eigenvalue weighted by atomic mass is 127. The van der Waals surface area contributed by atoms with Gasteiger partial charge in [0, 0.05) is 39.8 Å². The number of morpholine rings is 1. The van der Waals surface area contributed by atoms with Crippen molar-refractivity contribution in [1.82, 2.24) is 20.4 Å². The lowest BCUT2D eigenvalue weighted by atomic mass is 9.89. The molecule has 8 heteroatoms. The van der Waals surface area contributed by atoms with Gasteiger partial charge in [0.1, 0.15) is 6.54 Å². The van der Waals surface area contributed by atoms with Crippen molar-refractivity contribution in [3.63, 3.8) is 0 Å². The predicted molar refractivity (Wildman–Crippen MR) is 128 cm³/mol. The Morgan fingerprint density at radius 3 is 2.46 bits per heavy atom. The summed E-state index contributed by atoms with van der Waals surface area (Å²) in [5, 5.41) is 6.85. The van der Waals surface area contributed by atoms with Gasteiger partial charge in [0.25, 0.3) is 0 Å². The van der Waals surface area contributed by atoms with E-state index in [4.69, 9.17) is 4.74 Å². The van der Waals surface area contributed by atoms with Gasteiger partial charge < -0.3 is 20.3 Å². The second kappa shape index (κ2) is 14.4. The Morgan fingerprint density at radius 2 is 1.89 bits per heavy atom. The van der Waals surface area contributed by atoms with E-state index in [0.29, 0.717) is 11.5 Å². The summed E-state index contributed by atoms with van der Waals surface area (Å²) in [4.78, 5) is 20.4. The number of nitrogens with one attached hydrogen (secondary N) is 2. The Bertz CT molecular complexity index is 460. The minimum Gasteiger partial charge on any atom is -0.379 e. The summed E-state index contributed by atoms with van der Waals surface area (Å²) in [5.74, 6) is 0.736. The van der Waals surface area contributed by atoms with Crippen molar-refractivity contribution in [3.8, 4) is 0 Å². The minimum absolute atomic E-state index is 0. The number of halogens is 1. The lowest BCUT2D eigenvalue weighted by Crippen LogP contribution is -2.44. The number of hydrogen-bond acceptors (Lipinski definition) is 4. The molecule has 0 aliphatic carbocycles. The van der Waals surface area contributed by atoms with Crippen LogP contribution in [-0.2, 0) is 9.53 Å². The fraction of sp³-hybridized carbons (Fsp3) is 0.900. The number of nitrogens with zero attached hydrogens (tertiary/aromatic N) is 3. The molecule has 0 bridgehead atoms. The summed E-state index contributed by atoms with van der Waals surface area (Å²) in [5.41, 5.74) is 0.319. The third-order valence-electron chi connectivity index (χ3n) is 4.63. The van der Waals surface area contributed by atoms with Gasteiger partial charge >= 0.3 is 0 Å². The quantitative estimate of drug-likeness (QED) is 0.215. The molecule has 28 heavy (non-hydrogen) atoms. The van der Waals surface area contributed by atoms with Crippen LogP contribution in [0, 0.1) is 5.41 Å². The Labute approximate surface area is 189 Å². The summed E-state index contributed by atoms with van der Waals surface area (Å²) in [6.45, 7) is 14.7. The molecule has 0 aromatic heterocycles. The lowest BCUT2D eigenvalue weighted by molar-refractivity contribution is -0.127. The van der Waals surface area contributed by atoms with Gasteiger partial charge in [0.05, 0.1) is 13.2 Å². The zero-order chi connectivity index (χ0) is 20.3. The van der Waals surface area contributed by atoms with E-state index in [1.165, 1.54) is 0 Å². The lowest BCUT2D eigenvalue weighted by Gasteiger charge is -2.27. The summed E-state index contributed by atoms with van der Waals surface area (Å²) < 4.78 is 5.39. The van der Waals surface area contributed by atoms with Crippen molar-refractivity contribution in [3.05, 3.63) is 0 Å². The van der Waals surface area contributed by atoms with Crippen LogP contribution < -0.4 is 10.6 Å². The van der Waals surface area contributed by atoms with Gasteiger partial charge in [-0.15, -0.1) is 24.0 Å². The first-order valence-corrected chi connectivity index (χ1v) is 10.2. The Morgan fingerprint density at radius 1 is 1.25 bits per heavy atom. The average molecular weight is 511 g/mol. The molecule has 166 valence electrons. The third-order valence-corrected chi connectivity index (χ3v) is 4.63. The van der Waals surface area contributed by atoms with Crippen molar-refractivity contribution in [2.24, 2.45) is 10.4 Å². The van der Waals surface area contributed by atoms with Gasteiger partial charge in [-0.1, -0.05) is 20.8 Å². The minimum atomic E-state index is 0. The maximum Gasteiger partial charge on any atom is 0.243 e. The molecule has 1 amide bonds. The monoisotopic (exact) mass is 511 g/mol. The number of guanidine groups is 1. The van der Waals surface area contributed by atoms with E-state index in [1.807, 2.05) is 0 Å². The van der Waals surface area contributed by atoms with Crippen molar-refractivity contribution >= 4 is 35.8 Å². The molecule has 1 atom stereocenters. The van der Waals surface area contributed by atoms with Gasteiger partial charge in [-0.25, -0.2) is 4.99 Å². The van der Waals surface area contributed by atoms with Crippen molar-refractivity contribution in [2.45, 2.75) is 53.0 Å². The van der Waals surface area contributed by atoms with E-state index in [0.717, 1.165) is 64.6 Å². The molecule has 0 radical (unpaired) electrons. The first-order valence-electron chi connectivity index (χ1n) is 10.2. The average Bonchev–Trinajstić information content (AvgIpc) is 2.61. The maximum absolute atomic E-state index is 11.9. The van der Waals surface area contributed by atoms with Crippen LogP contribution in [0.25, 0.3) is 0 Å². The van der Waals surface area contributed by atoms with Gasteiger partial charge in [-0.3, -0.25) is 9.69 Å². The standard InChI is InChI=1S/C20H41N5O2.HI/c1-17(8-9-20(2,3)4)23-19(22-16-18(26)24(5)6)21-10-7-11-25-12-14-27-15-13-25;/h17H,7-16H2,1-6H3,(H2,21,22,23);1H. The van der Waals surface area contributed by atoms with Crippen molar-refractivity contribution in [1.29, 1.82) is 0 Å². The molecular formula is C20H42IN5O2. The fourth-order valence-corrected chi connectivity index (χ4v) is 2.73. The summed E-state index contributed by atoms with van der Waals surface area (Å²) in [6.07, 6.45) is 3.25. The molecule has 0 spiro atoms. The Hall–Kier alpha value is -0.610. The number of rotatable bonds is 9. The fourth-order valence-electron chi connectivity index (χ4n) is 2.73. The molecule has 7 nitrogen and oxygen atoms in total. The van der Waals surface area contributed by atoms with Crippen LogP contribution in [0.15, 0.2) is 4.99 Å². The first-order chi connectivity index (χ1) is 12.7. The Kier molecular flexibility index (Phi) is 14.1. The highest BCUT2D eigenvalue weighted by molar-refractivity contribution is 14.0. The second-order valence-electron chi connectivity index (χ2n) is 8.83. The zero-order valence-corrected chi connectivity index (χ0v) is 21.0. The molecule has 0 saturated carbocycles. The first kappa shape index (κ1) is 27.4. The Balaban J connectivity index is 0.00000729. The van der Waals surface area contributed by atoms with Crippen LogP contribution in [0.4, 0.5) is 0 Å². The number of carbonyl (C=O) groups is 1. The molecule has 0 aromatic rings. The van der Waals surface area contributed by atoms with Crippen LogP contribution in [0.2, 0.25) is 0 Å². The van der Waals surface area contributed by atoms with Crippen LogP contribution >= 0.6 is 24.0 Å². The van der Waals surface area contributed by atoms with Gasteiger partial charge in [-0.2, -0.15) is 0 Å². The number of carbonyl (C=O) groups excluding carboxylic acids is 1. The van der Waals surface area contributed by atoms with Crippen LogP contribution in [0.3, 0.4) is 0 Å². The number of aliphatic imine (C=N–C) groups is 1. The predicted octanol–water partition coefficient (Wildman–Crippen LogP) is 2.16. The SMILES string of the molecule is CC(CCC(C)(C)C)NC(=NCC(=O)N(C)C)NCCCN1CCOCC1.I. The molecule has 1 fully saturated rings. The highest BCUT2D eigenvalue weighted by Crippen LogP contribution is 2.21. The van der Waals surface area contributed by atoms with Gasteiger partial charge in [-0.05, 0) is 38.1 Å². The smallest absolute Gasteiger partial charge is 0.243 e. The number of ether oxygens (including phenoxy) is 1. The molecule has 1 aliphatic rings. The third kappa shape index (κ3) is 13.5. The maximum atomic E-state index is 11.9. The molecule has 0 aromatic carbocycles. The second-order valence-corrected chi connectivity index (χ2v) is 8.83. The number of hydrogen-bond donors (Lipinski definition) is 2. The van der Waals surface area contributed by atoms with Crippen LogP contribution in [0.5, 0.6) is 0 Å². The van der Waals surface area contributed by atoms with Crippen molar-refractivity contribution < 1.29 is 9.53 Å². The van der Waals surface area contributed by atoms with Crippen LogP contribution in [0.1, 0.15) is 47.0 Å². The highest BCUT2D eigenvalue weighted by Gasteiger charge is 2.14. The van der Waals surface area contributed by atoms with E-state index >= 15 is 0 Å². The molecule has 1 rings (SSSR count). The summed E-state index contributed by atoms with van der Waals surface area (Å²) in [7, 11) is 3.51. The van der Waals surface area contributed by atoms with Gasteiger partial charge in [0.2, 0.25) is 5.91 Å². The van der Waals surface area contributed by atoms with E-state index in [9.17, 15) is 4.79 Å². The molecule has 1 saturated heterocycles.